The van der Waals surface area contributed by atoms with Crippen LogP contribution >= 0.6 is 0 Å². The molecule has 2 rings (SSSR count). The first-order valence-corrected chi connectivity index (χ1v) is 10.2. The van der Waals surface area contributed by atoms with Gasteiger partial charge in [0.1, 0.15) is 18.4 Å². The van der Waals surface area contributed by atoms with E-state index >= 15 is 0 Å². The number of hydroxylamine groups is 1. The Morgan fingerprint density at radius 3 is 2.63 bits per heavy atom. The van der Waals surface area contributed by atoms with Crippen LogP contribution in [0.5, 0.6) is 5.75 Å². The normalized spacial score (nSPS) is 19.2. The Labute approximate surface area is 158 Å². The van der Waals surface area contributed by atoms with Crippen LogP contribution in [0, 0.1) is 0 Å². The fourth-order valence-electron chi connectivity index (χ4n) is 2.63. The van der Waals surface area contributed by atoms with Gasteiger partial charge in [-0.2, -0.15) is 4.31 Å². The first kappa shape index (κ1) is 21.1. The number of amides is 1. The van der Waals surface area contributed by atoms with E-state index in [2.05, 4.69) is 12.1 Å². The number of sulfonamides is 1. The molecule has 1 atom stereocenters. The number of carbonyl (C=O) groups is 1. The van der Waals surface area contributed by atoms with Gasteiger partial charge in [-0.05, 0) is 37.6 Å². The number of benzene rings is 1. The van der Waals surface area contributed by atoms with Crippen molar-refractivity contribution in [3.8, 4) is 5.75 Å². The molecule has 0 aliphatic carbocycles. The van der Waals surface area contributed by atoms with E-state index in [1.807, 2.05) is 0 Å². The Balaban J connectivity index is 2.22. The highest BCUT2D eigenvalue weighted by Crippen LogP contribution is 2.26. The molecule has 1 aromatic rings. The Kier molecular flexibility index (Phi) is 7.57. The zero-order chi connectivity index (χ0) is 19.9. The van der Waals surface area contributed by atoms with E-state index in [0.717, 1.165) is 17.1 Å². The molecule has 0 spiro atoms. The van der Waals surface area contributed by atoms with Gasteiger partial charge in [-0.3, -0.25) is 10.0 Å². The third-order valence-corrected chi connectivity index (χ3v) is 5.92. The summed E-state index contributed by atoms with van der Waals surface area (Å²) in [4.78, 5) is 16.9. The van der Waals surface area contributed by atoms with Crippen LogP contribution in [0.3, 0.4) is 0 Å². The zero-order valence-corrected chi connectivity index (χ0v) is 16.2. The molecule has 150 valence electrons. The zero-order valence-electron chi connectivity index (χ0n) is 15.4. The number of ether oxygens (including phenoxy) is 1. The van der Waals surface area contributed by atoms with Crippen LogP contribution in [0.4, 0.5) is 0 Å². The van der Waals surface area contributed by atoms with Crippen LogP contribution in [-0.2, 0) is 19.7 Å². The van der Waals surface area contributed by atoms with Crippen molar-refractivity contribution < 1.29 is 28.0 Å². The summed E-state index contributed by atoms with van der Waals surface area (Å²) >= 11 is 0. The molecule has 1 saturated heterocycles. The molecule has 0 bridgehead atoms. The van der Waals surface area contributed by atoms with Crippen molar-refractivity contribution >= 4 is 21.6 Å². The lowest BCUT2D eigenvalue weighted by Crippen LogP contribution is -2.45. The quantitative estimate of drug-likeness (QED) is 0.369. The fraction of sp³-hybridized carbons (Fsp3) is 0.529. The maximum Gasteiger partial charge on any atom is 0.262 e. The number of nitrogens with one attached hydrogen (secondary N) is 1. The molecule has 0 saturated carbocycles. The Hall–Kier alpha value is -2.17. The van der Waals surface area contributed by atoms with E-state index in [-0.39, 0.29) is 17.9 Å². The second-order valence-electron chi connectivity index (χ2n) is 5.99. The Morgan fingerprint density at radius 2 is 2.04 bits per heavy atom. The van der Waals surface area contributed by atoms with Gasteiger partial charge < -0.3 is 9.57 Å². The molecule has 10 heteroatoms. The van der Waals surface area contributed by atoms with Gasteiger partial charge in [-0.1, -0.05) is 18.5 Å². The highest BCUT2D eigenvalue weighted by atomic mass is 32.2. The molecule has 1 amide bonds. The molecular weight excluding hydrogens is 374 g/mol. The van der Waals surface area contributed by atoms with Crippen LogP contribution in [-0.4, -0.2) is 55.3 Å². The van der Waals surface area contributed by atoms with Gasteiger partial charge in [-0.15, -0.1) is 0 Å². The largest absolute Gasteiger partial charge is 0.494 e. The molecule has 9 nitrogen and oxygen atoms in total. The van der Waals surface area contributed by atoms with Crippen LogP contribution in [0.25, 0.3) is 0 Å². The second kappa shape index (κ2) is 9.67. The molecule has 0 unspecified atom stereocenters. The summed E-state index contributed by atoms with van der Waals surface area (Å²) in [7, 11) is -3.97. The van der Waals surface area contributed by atoms with Gasteiger partial charge in [0, 0.05) is 6.42 Å². The van der Waals surface area contributed by atoms with E-state index < -0.39 is 22.0 Å². The van der Waals surface area contributed by atoms with Crippen molar-refractivity contribution in [2.24, 2.45) is 5.16 Å². The molecule has 1 aliphatic rings. The minimum absolute atomic E-state index is 0.0266. The summed E-state index contributed by atoms with van der Waals surface area (Å²) < 4.78 is 32.5. The van der Waals surface area contributed by atoms with Crippen molar-refractivity contribution in [2.75, 3.05) is 19.8 Å². The van der Waals surface area contributed by atoms with Crippen molar-refractivity contribution in [2.45, 2.75) is 44.0 Å². The van der Waals surface area contributed by atoms with Crippen LogP contribution in [0.15, 0.2) is 34.3 Å². The van der Waals surface area contributed by atoms with Crippen LogP contribution < -0.4 is 10.2 Å². The maximum atomic E-state index is 13.0. The number of hydrogen-bond acceptors (Lipinski definition) is 7. The standard InChI is InChI=1S/C17H25N3O6S/c1-3-5-10-25-14-6-8-15(9-7-14)27(23,24)20-12-13(19-26-4-2)11-16(20)17(21)18-22/h6-9,16,22H,3-5,10-12H2,1-2H3,(H,18,21)/b19-13-/t16-/m0/s1. The summed E-state index contributed by atoms with van der Waals surface area (Å²) in [6.07, 6.45) is 1.96. The van der Waals surface area contributed by atoms with Crippen molar-refractivity contribution in [1.29, 1.82) is 0 Å². The first-order chi connectivity index (χ1) is 12.9. The third-order valence-electron chi connectivity index (χ3n) is 4.05. The number of hydrogen-bond donors (Lipinski definition) is 2. The molecule has 27 heavy (non-hydrogen) atoms. The van der Waals surface area contributed by atoms with Gasteiger partial charge in [-0.25, -0.2) is 13.9 Å². The summed E-state index contributed by atoms with van der Waals surface area (Å²) in [6.45, 7) is 4.60. The van der Waals surface area contributed by atoms with Gasteiger partial charge in [0.05, 0.1) is 23.8 Å². The predicted molar refractivity (Wildman–Crippen MR) is 98.1 cm³/mol. The summed E-state index contributed by atoms with van der Waals surface area (Å²) in [6, 6.07) is 4.92. The van der Waals surface area contributed by atoms with Crippen LogP contribution in [0.1, 0.15) is 33.1 Å². The number of unbranched alkanes of at least 4 members (excludes halogenated alkanes) is 1. The molecular formula is C17H25N3O6S. The topological polar surface area (TPSA) is 118 Å². The number of nitrogens with zero attached hydrogens (tertiary/aromatic N) is 2. The average Bonchev–Trinajstić information content (AvgIpc) is 3.11. The highest BCUT2D eigenvalue weighted by molar-refractivity contribution is 7.89. The van der Waals surface area contributed by atoms with E-state index in [9.17, 15) is 13.2 Å². The van der Waals surface area contributed by atoms with Gasteiger partial charge in [0.2, 0.25) is 10.0 Å². The SMILES string of the molecule is CCCCOc1ccc(S(=O)(=O)N2C/C(=N\OCC)C[C@H]2C(=O)NO)cc1. The van der Waals surface area contributed by atoms with E-state index in [1.165, 1.54) is 17.6 Å². The van der Waals surface area contributed by atoms with Crippen molar-refractivity contribution in [3.63, 3.8) is 0 Å². The average molecular weight is 399 g/mol. The lowest BCUT2D eigenvalue weighted by molar-refractivity contribution is -0.132. The maximum absolute atomic E-state index is 13.0. The fourth-order valence-corrected chi connectivity index (χ4v) is 4.20. The third kappa shape index (κ3) is 5.18. The summed E-state index contributed by atoms with van der Waals surface area (Å²) in [5.41, 5.74) is 1.92. The van der Waals surface area contributed by atoms with Gasteiger partial charge in [0.25, 0.3) is 5.91 Å². The summed E-state index contributed by atoms with van der Waals surface area (Å²) in [5.74, 6) is -0.244. The minimum Gasteiger partial charge on any atom is -0.494 e. The van der Waals surface area contributed by atoms with E-state index in [4.69, 9.17) is 14.8 Å². The minimum atomic E-state index is -3.97. The molecule has 2 N–H and O–H groups in total. The second-order valence-corrected chi connectivity index (χ2v) is 7.89. The Bertz CT molecular complexity index is 763. The smallest absolute Gasteiger partial charge is 0.262 e. The van der Waals surface area contributed by atoms with Crippen molar-refractivity contribution in [3.05, 3.63) is 24.3 Å². The number of carbonyl (C=O) groups excluding carboxylic acids is 1. The first-order valence-electron chi connectivity index (χ1n) is 8.80. The highest BCUT2D eigenvalue weighted by Gasteiger charge is 2.42. The lowest BCUT2D eigenvalue weighted by atomic mass is 10.2. The number of oxime groups is 1. The van der Waals surface area contributed by atoms with Gasteiger partial charge >= 0.3 is 0 Å². The molecule has 1 fully saturated rings. The molecule has 1 heterocycles. The van der Waals surface area contributed by atoms with E-state index in [1.54, 1.807) is 19.1 Å². The van der Waals surface area contributed by atoms with Crippen LogP contribution in [0.2, 0.25) is 0 Å². The Morgan fingerprint density at radius 1 is 1.33 bits per heavy atom. The van der Waals surface area contributed by atoms with Crippen molar-refractivity contribution in [1.82, 2.24) is 9.79 Å². The number of rotatable bonds is 9. The lowest BCUT2D eigenvalue weighted by Gasteiger charge is -2.21. The predicted octanol–water partition coefficient (Wildman–Crippen LogP) is 1.53. The molecule has 0 radical (unpaired) electrons. The molecule has 0 aromatic heterocycles. The molecule has 1 aliphatic heterocycles. The van der Waals surface area contributed by atoms with Gasteiger partial charge in [0.15, 0.2) is 0 Å². The molecule has 1 aromatic carbocycles. The monoisotopic (exact) mass is 399 g/mol. The summed E-state index contributed by atoms with van der Waals surface area (Å²) in [5, 5.41) is 12.8. The van der Waals surface area contributed by atoms with E-state index in [0.29, 0.717) is 24.7 Å².